The second-order valence-electron chi connectivity index (χ2n) is 6.68. The summed E-state index contributed by atoms with van der Waals surface area (Å²) in [5, 5.41) is 10.9. The van der Waals surface area contributed by atoms with Gasteiger partial charge in [-0.2, -0.15) is 0 Å². The molecule has 0 bridgehead atoms. The fourth-order valence-corrected chi connectivity index (χ4v) is 3.36. The number of hydrogen-bond acceptors (Lipinski definition) is 2. The normalized spacial score (nSPS) is 28.6. The molecular weight excluding hydrogens is 236 g/mol. The van der Waals surface area contributed by atoms with Crippen LogP contribution in [-0.2, 0) is 12.1 Å². The summed E-state index contributed by atoms with van der Waals surface area (Å²) in [6, 6.07) is 0. The zero-order chi connectivity index (χ0) is 14.1. The van der Waals surface area contributed by atoms with E-state index in [1.165, 1.54) is 6.42 Å². The molecule has 1 aliphatic carbocycles. The van der Waals surface area contributed by atoms with E-state index < -0.39 is 5.60 Å². The Morgan fingerprint density at radius 2 is 2.00 bits per heavy atom. The van der Waals surface area contributed by atoms with Crippen molar-refractivity contribution in [2.75, 3.05) is 0 Å². The molecule has 1 heterocycles. The molecular formula is C16H28N2O. The minimum Gasteiger partial charge on any atom is -0.382 e. The summed E-state index contributed by atoms with van der Waals surface area (Å²) in [4.78, 5) is 4.40. The fourth-order valence-electron chi connectivity index (χ4n) is 3.36. The van der Waals surface area contributed by atoms with Crippen molar-refractivity contribution in [3.63, 3.8) is 0 Å². The van der Waals surface area contributed by atoms with E-state index in [-0.39, 0.29) is 0 Å². The van der Waals surface area contributed by atoms with Gasteiger partial charge in [-0.1, -0.05) is 27.2 Å². The lowest BCUT2D eigenvalue weighted by atomic mass is 9.66. The van der Waals surface area contributed by atoms with Gasteiger partial charge in [-0.05, 0) is 43.9 Å². The van der Waals surface area contributed by atoms with E-state index in [2.05, 4.69) is 37.2 Å². The first-order valence-electron chi connectivity index (χ1n) is 7.67. The SMILES string of the molecule is CCn1ccnc1C1(O)CCC(C(C)(C)CC)CC1. The van der Waals surface area contributed by atoms with Crippen LogP contribution in [0.1, 0.15) is 65.6 Å². The Bertz CT molecular complexity index is 414. The van der Waals surface area contributed by atoms with Crippen molar-refractivity contribution in [3.8, 4) is 0 Å². The van der Waals surface area contributed by atoms with Crippen LogP contribution in [0.15, 0.2) is 12.4 Å². The molecule has 2 rings (SSSR count). The summed E-state index contributed by atoms with van der Waals surface area (Å²) in [5.41, 5.74) is -0.318. The van der Waals surface area contributed by atoms with Crippen molar-refractivity contribution in [3.05, 3.63) is 18.2 Å². The summed E-state index contributed by atoms with van der Waals surface area (Å²) >= 11 is 0. The van der Waals surface area contributed by atoms with Gasteiger partial charge in [0.15, 0.2) is 0 Å². The second kappa shape index (κ2) is 5.28. The lowest BCUT2D eigenvalue weighted by Gasteiger charge is -2.42. The summed E-state index contributed by atoms with van der Waals surface area (Å²) in [6.45, 7) is 9.95. The van der Waals surface area contributed by atoms with Gasteiger partial charge in [0.1, 0.15) is 11.4 Å². The quantitative estimate of drug-likeness (QED) is 0.900. The molecule has 1 aliphatic rings. The second-order valence-corrected chi connectivity index (χ2v) is 6.68. The molecule has 0 radical (unpaired) electrons. The van der Waals surface area contributed by atoms with E-state index in [1.54, 1.807) is 6.20 Å². The maximum absolute atomic E-state index is 10.9. The number of aromatic nitrogens is 2. The zero-order valence-electron chi connectivity index (χ0n) is 12.8. The van der Waals surface area contributed by atoms with E-state index in [0.29, 0.717) is 5.41 Å². The number of hydrogen-bond donors (Lipinski definition) is 1. The van der Waals surface area contributed by atoms with Gasteiger partial charge in [0.25, 0.3) is 0 Å². The summed E-state index contributed by atoms with van der Waals surface area (Å²) in [7, 11) is 0. The number of imidazole rings is 1. The molecule has 1 aromatic heterocycles. The first-order valence-corrected chi connectivity index (χ1v) is 7.67. The summed E-state index contributed by atoms with van der Waals surface area (Å²) in [6.07, 6.45) is 8.88. The van der Waals surface area contributed by atoms with Crippen molar-refractivity contribution >= 4 is 0 Å². The maximum atomic E-state index is 10.9. The molecule has 0 spiro atoms. The highest BCUT2D eigenvalue weighted by molar-refractivity contribution is 5.07. The molecule has 1 N–H and O–H groups in total. The van der Waals surface area contributed by atoms with Gasteiger partial charge in [0, 0.05) is 18.9 Å². The largest absolute Gasteiger partial charge is 0.382 e. The first kappa shape index (κ1) is 14.6. The van der Waals surface area contributed by atoms with Gasteiger partial charge in [-0.25, -0.2) is 4.98 Å². The third kappa shape index (κ3) is 2.71. The molecule has 1 fully saturated rings. The molecule has 108 valence electrons. The molecule has 0 amide bonds. The van der Waals surface area contributed by atoms with Gasteiger partial charge in [-0.3, -0.25) is 0 Å². The lowest BCUT2D eigenvalue weighted by Crippen LogP contribution is -2.38. The topological polar surface area (TPSA) is 38.0 Å². The van der Waals surface area contributed by atoms with Crippen LogP contribution in [0.5, 0.6) is 0 Å². The molecule has 19 heavy (non-hydrogen) atoms. The zero-order valence-corrected chi connectivity index (χ0v) is 12.8. The molecule has 1 aromatic rings. The highest BCUT2D eigenvalue weighted by Crippen LogP contribution is 2.46. The number of rotatable bonds is 4. The van der Waals surface area contributed by atoms with Crippen molar-refractivity contribution in [1.82, 2.24) is 9.55 Å². The molecule has 0 aromatic carbocycles. The third-order valence-corrected chi connectivity index (χ3v) is 5.30. The predicted molar refractivity (Wildman–Crippen MR) is 77.8 cm³/mol. The Balaban J connectivity index is 2.10. The molecule has 3 heteroatoms. The first-order chi connectivity index (χ1) is 8.93. The Morgan fingerprint density at radius 1 is 1.37 bits per heavy atom. The van der Waals surface area contributed by atoms with Crippen LogP contribution in [0.3, 0.4) is 0 Å². The van der Waals surface area contributed by atoms with E-state index in [0.717, 1.165) is 44.0 Å². The monoisotopic (exact) mass is 264 g/mol. The minimum absolute atomic E-state index is 0.390. The molecule has 0 aliphatic heterocycles. The predicted octanol–water partition coefficient (Wildman–Crippen LogP) is 3.72. The van der Waals surface area contributed by atoms with Gasteiger partial charge in [-0.15, -0.1) is 0 Å². The maximum Gasteiger partial charge on any atom is 0.140 e. The standard InChI is InChI=1S/C16H28N2O/c1-5-15(3,4)13-7-9-16(19,10-8-13)14-17-11-12-18(14)6-2/h11-13,19H,5-10H2,1-4H3. The van der Waals surface area contributed by atoms with Gasteiger partial charge in [0.05, 0.1) is 0 Å². The van der Waals surface area contributed by atoms with Crippen molar-refractivity contribution < 1.29 is 5.11 Å². The van der Waals surface area contributed by atoms with Crippen LogP contribution in [-0.4, -0.2) is 14.7 Å². The van der Waals surface area contributed by atoms with Crippen molar-refractivity contribution in [1.29, 1.82) is 0 Å². The fraction of sp³-hybridized carbons (Fsp3) is 0.812. The molecule has 3 nitrogen and oxygen atoms in total. The molecule has 0 saturated heterocycles. The van der Waals surface area contributed by atoms with E-state index in [9.17, 15) is 5.11 Å². The van der Waals surface area contributed by atoms with Crippen LogP contribution < -0.4 is 0 Å². The summed E-state index contributed by atoms with van der Waals surface area (Å²) < 4.78 is 2.07. The Labute approximate surface area is 117 Å². The smallest absolute Gasteiger partial charge is 0.140 e. The lowest BCUT2D eigenvalue weighted by molar-refractivity contribution is -0.0417. The molecule has 0 unspecified atom stereocenters. The van der Waals surface area contributed by atoms with Crippen molar-refractivity contribution in [2.45, 2.75) is 71.9 Å². The minimum atomic E-state index is -0.709. The van der Waals surface area contributed by atoms with Gasteiger partial charge < -0.3 is 9.67 Å². The Hall–Kier alpha value is -0.830. The highest BCUT2D eigenvalue weighted by atomic mass is 16.3. The van der Waals surface area contributed by atoms with E-state index in [4.69, 9.17) is 0 Å². The average molecular weight is 264 g/mol. The van der Waals surface area contributed by atoms with Crippen molar-refractivity contribution in [2.24, 2.45) is 11.3 Å². The highest BCUT2D eigenvalue weighted by Gasteiger charge is 2.41. The van der Waals surface area contributed by atoms with E-state index in [1.807, 2.05) is 6.20 Å². The van der Waals surface area contributed by atoms with Crippen LogP contribution in [0, 0.1) is 11.3 Å². The van der Waals surface area contributed by atoms with Crippen LogP contribution in [0.4, 0.5) is 0 Å². The van der Waals surface area contributed by atoms with Crippen LogP contribution in [0.25, 0.3) is 0 Å². The Kier molecular flexibility index (Phi) is 4.05. The van der Waals surface area contributed by atoms with Crippen LogP contribution in [0.2, 0.25) is 0 Å². The Morgan fingerprint density at radius 3 is 2.53 bits per heavy atom. The number of aliphatic hydroxyl groups is 1. The molecule has 1 saturated carbocycles. The molecule has 0 atom stereocenters. The van der Waals surface area contributed by atoms with Crippen LogP contribution >= 0.6 is 0 Å². The van der Waals surface area contributed by atoms with E-state index >= 15 is 0 Å². The van der Waals surface area contributed by atoms with Gasteiger partial charge in [0.2, 0.25) is 0 Å². The summed E-state index contributed by atoms with van der Waals surface area (Å²) in [5.74, 6) is 1.59. The average Bonchev–Trinajstić information content (AvgIpc) is 2.88. The number of nitrogens with zero attached hydrogens (tertiary/aromatic N) is 2. The van der Waals surface area contributed by atoms with Gasteiger partial charge >= 0.3 is 0 Å². The third-order valence-electron chi connectivity index (χ3n) is 5.30. The number of aryl methyl sites for hydroxylation is 1.